The van der Waals surface area contributed by atoms with Gasteiger partial charge in [0.05, 0.1) is 10.7 Å². The molecule has 1 aromatic heterocycles. The lowest BCUT2D eigenvalue weighted by molar-refractivity contribution is -0.137. The molecule has 9 heteroatoms. The Balaban J connectivity index is 1.54. The van der Waals surface area contributed by atoms with Crippen molar-refractivity contribution in [1.29, 1.82) is 0 Å². The van der Waals surface area contributed by atoms with Crippen molar-refractivity contribution >= 4 is 46.3 Å². The number of amides is 1. The summed E-state index contributed by atoms with van der Waals surface area (Å²) in [5.41, 5.74) is 1.83. The Bertz CT molecular complexity index is 1400. The number of anilines is 1. The maximum absolute atomic E-state index is 14.9. The molecule has 4 aromatic rings. The molecule has 0 radical (unpaired) electrons. The number of fused-ring (bicyclic) bond motifs is 1. The number of aromatic nitrogens is 1. The maximum Gasteiger partial charge on any atom is 0.315 e. The predicted molar refractivity (Wildman–Crippen MR) is 119 cm³/mol. The van der Waals surface area contributed by atoms with Crippen LogP contribution in [0.15, 0.2) is 71.5 Å². The number of carboxylic acids is 1. The Labute approximate surface area is 191 Å². The fourth-order valence-electron chi connectivity index (χ4n) is 3.33. The van der Waals surface area contributed by atoms with E-state index in [1.54, 1.807) is 12.1 Å². The van der Waals surface area contributed by atoms with Gasteiger partial charge in [0.2, 0.25) is 5.91 Å². The van der Waals surface area contributed by atoms with Crippen LogP contribution in [-0.2, 0) is 9.59 Å². The summed E-state index contributed by atoms with van der Waals surface area (Å²) >= 11 is 5.87. The van der Waals surface area contributed by atoms with E-state index in [1.807, 2.05) is 0 Å². The number of rotatable bonds is 6. The minimum atomic E-state index is -1.26. The second-order valence-electron chi connectivity index (χ2n) is 7.08. The standard InChI is InChI=1S/C24H15ClF2N2O4/c25-17-11-15(26)4-6-19(17)29-22(30)8-2-13-1-5-16(18(27)9-13)23(24(31)32)14-3-7-21-20(10-14)28-12-33-21/h1-12,23H,(H,29,30)(H,31,32). The van der Waals surface area contributed by atoms with Crippen LogP contribution in [0.2, 0.25) is 5.02 Å². The smallest absolute Gasteiger partial charge is 0.315 e. The normalized spacial score (nSPS) is 12.2. The number of hydrogen-bond donors (Lipinski definition) is 2. The molecule has 1 atom stereocenters. The van der Waals surface area contributed by atoms with Gasteiger partial charge in [0, 0.05) is 11.6 Å². The van der Waals surface area contributed by atoms with Crippen LogP contribution < -0.4 is 5.32 Å². The monoisotopic (exact) mass is 468 g/mol. The zero-order chi connectivity index (χ0) is 23.5. The molecule has 6 nitrogen and oxygen atoms in total. The molecule has 2 N–H and O–H groups in total. The average molecular weight is 469 g/mol. The molecule has 1 heterocycles. The maximum atomic E-state index is 14.9. The van der Waals surface area contributed by atoms with Crippen molar-refractivity contribution < 1.29 is 27.9 Å². The summed E-state index contributed by atoms with van der Waals surface area (Å²) in [5.74, 6) is -4.32. The molecule has 3 aromatic carbocycles. The van der Waals surface area contributed by atoms with Crippen molar-refractivity contribution in [2.45, 2.75) is 5.92 Å². The molecule has 0 aliphatic carbocycles. The second-order valence-corrected chi connectivity index (χ2v) is 7.49. The minimum Gasteiger partial charge on any atom is -0.481 e. The van der Waals surface area contributed by atoms with Gasteiger partial charge in [0.25, 0.3) is 0 Å². The Hall–Kier alpha value is -4.04. The third-order valence-electron chi connectivity index (χ3n) is 4.89. The highest BCUT2D eigenvalue weighted by Crippen LogP contribution is 2.30. The van der Waals surface area contributed by atoms with Gasteiger partial charge in [-0.05, 0) is 53.6 Å². The molecule has 0 saturated carbocycles. The number of nitrogens with zero attached hydrogens (tertiary/aromatic N) is 1. The van der Waals surface area contributed by atoms with E-state index in [2.05, 4.69) is 10.3 Å². The summed E-state index contributed by atoms with van der Waals surface area (Å²) in [6, 6.07) is 12.2. The largest absolute Gasteiger partial charge is 0.481 e. The van der Waals surface area contributed by atoms with Crippen molar-refractivity contribution in [3.05, 3.63) is 100 Å². The fraction of sp³-hybridized carbons (Fsp3) is 0.0417. The zero-order valence-electron chi connectivity index (χ0n) is 16.8. The lowest BCUT2D eigenvalue weighted by atomic mass is 9.90. The number of halogens is 3. The predicted octanol–water partition coefficient (Wildman–Crippen LogP) is 5.63. The highest BCUT2D eigenvalue weighted by Gasteiger charge is 2.26. The van der Waals surface area contributed by atoms with E-state index in [9.17, 15) is 23.5 Å². The molecule has 1 amide bonds. The quantitative estimate of drug-likeness (QED) is 0.358. The molecule has 166 valence electrons. The van der Waals surface area contributed by atoms with Crippen LogP contribution in [0.3, 0.4) is 0 Å². The van der Waals surface area contributed by atoms with Gasteiger partial charge in [0.1, 0.15) is 23.1 Å². The molecular weight excluding hydrogens is 454 g/mol. The molecule has 4 rings (SSSR count). The van der Waals surface area contributed by atoms with Crippen LogP contribution in [0.4, 0.5) is 14.5 Å². The Morgan fingerprint density at radius 3 is 2.64 bits per heavy atom. The first-order chi connectivity index (χ1) is 15.8. The highest BCUT2D eigenvalue weighted by molar-refractivity contribution is 6.33. The molecule has 33 heavy (non-hydrogen) atoms. The van der Waals surface area contributed by atoms with E-state index in [1.165, 1.54) is 36.7 Å². The first-order valence-corrected chi connectivity index (χ1v) is 9.99. The summed E-state index contributed by atoms with van der Waals surface area (Å²) in [7, 11) is 0. The highest BCUT2D eigenvalue weighted by atomic mass is 35.5. The van der Waals surface area contributed by atoms with Gasteiger partial charge in [-0.1, -0.05) is 29.8 Å². The van der Waals surface area contributed by atoms with Crippen LogP contribution in [0.5, 0.6) is 0 Å². The number of carboxylic acid groups (broad SMARTS) is 1. The van der Waals surface area contributed by atoms with Crippen LogP contribution in [0.25, 0.3) is 17.2 Å². The lowest BCUT2D eigenvalue weighted by Crippen LogP contribution is -2.14. The van der Waals surface area contributed by atoms with Gasteiger partial charge in [-0.3, -0.25) is 9.59 Å². The number of oxazole rings is 1. The lowest BCUT2D eigenvalue weighted by Gasteiger charge is -2.14. The minimum absolute atomic E-state index is 0.0370. The van der Waals surface area contributed by atoms with Gasteiger partial charge in [-0.15, -0.1) is 0 Å². The topological polar surface area (TPSA) is 92.4 Å². The molecular formula is C24H15ClF2N2O4. The number of hydrogen-bond acceptors (Lipinski definition) is 4. The van der Waals surface area contributed by atoms with E-state index in [4.69, 9.17) is 16.0 Å². The van der Waals surface area contributed by atoms with Crippen molar-refractivity contribution in [3.8, 4) is 0 Å². The Morgan fingerprint density at radius 2 is 1.91 bits per heavy atom. The molecule has 1 unspecified atom stereocenters. The van der Waals surface area contributed by atoms with E-state index >= 15 is 0 Å². The van der Waals surface area contributed by atoms with Crippen molar-refractivity contribution in [1.82, 2.24) is 4.98 Å². The second kappa shape index (κ2) is 9.22. The van der Waals surface area contributed by atoms with Crippen molar-refractivity contribution in [3.63, 3.8) is 0 Å². The van der Waals surface area contributed by atoms with Gasteiger partial charge in [-0.2, -0.15) is 0 Å². The number of carbonyl (C=O) groups excluding carboxylic acids is 1. The first kappa shape index (κ1) is 22.2. The molecule has 0 spiro atoms. The van der Waals surface area contributed by atoms with E-state index in [0.29, 0.717) is 22.2 Å². The molecule has 0 aliphatic rings. The Morgan fingerprint density at radius 1 is 1.09 bits per heavy atom. The van der Waals surface area contributed by atoms with E-state index in [-0.39, 0.29) is 16.3 Å². The summed E-state index contributed by atoms with van der Waals surface area (Å²) < 4.78 is 33.1. The molecule has 0 fully saturated rings. The average Bonchev–Trinajstić information content (AvgIpc) is 3.24. The summed E-state index contributed by atoms with van der Waals surface area (Å²) in [6.45, 7) is 0. The number of benzene rings is 3. The van der Waals surface area contributed by atoms with Gasteiger partial charge in [0.15, 0.2) is 12.0 Å². The Kier molecular flexibility index (Phi) is 6.19. The summed E-state index contributed by atoms with van der Waals surface area (Å²) in [4.78, 5) is 28.0. The molecule has 0 saturated heterocycles. The van der Waals surface area contributed by atoms with Gasteiger partial charge >= 0.3 is 5.97 Å². The number of nitrogens with one attached hydrogen (secondary N) is 1. The van der Waals surface area contributed by atoms with Gasteiger partial charge in [-0.25, -0.2) is 13.8 Å². The van der Waals surface area contributed by atoms with Gasteiger partial charge < -0.3 is 14.8 Å². The van der Waals surface area contributed by atoms with Crippen molar-refractivity contribution in [2.24, 2.45) is 0 Å². The first-order valence-electron chi connectivity index (χ1n) is 9.61. The third-order valence-corrected chi connectivity index (χ3v) is 5.20. The van der Waals surface area contributed by atoms with E-state index in [0.717, 1.165) is 24.3 Å². The molecule has 0 aliphatic heterocycles. The fourth-order valence-corrected chi connectivity index (χ4v) is 3.54. The van der Waals surface area contributed by atoms with Crippen LogP contribution in [-0.4, -0.2) is 22.0 Å². The van der Waals surface area contributed by atoms with E-state index < -0.39 is 29.4 Å². The van der Waals surface area contributed by atoms with Crippen molar-refractivity contribution in [2.75, 3.05) is 5.32 Å². The zero-order valence-corrected chi connectivity index (χ0v) is 17.5. The summed E-state index contributed by atoms with van der Waals surface area (Å²) in [6.07, 6.45) is 3.75. The van der Waals surface area contributed by atoms with Crippen LogP contribution >= 0.6 is 11.6 Å². The SMILES string of the molecule is O=C(C=Cc1ccc(C(C(=O)O)c2ccc3ocnc3c2)c(F)c1)Nc1ccc(F)cc1Cl. The number of aliphatic carboxylic acids is 1. The number of carbonyl (C=O) groups is 2. The summed E-state index contributed by atoms with van der Waals surface area (Å²) in [5, 5.41) is 12.3. The van der Waals surface area contributed by atoms with Crippen LogP contribution in [0.1, 0.15) is 22.6 Å². The van der Waals surface area contributed by atoms with Crippen LogP contribution in [0, 0.1) is 11.6 Å². The molecule has 0 bridgehead atoms. The third kappa shape index (κ3) is 4.91.